The summed E-state index contributed by atoms with van der Waals surface area (Å²) in [5.74, 6) is 0.737. The Morgan fingerprint density at radius 2 is 2.29 bits per heavy atom. The van der Waals surface area contributed by atoms with Gasteiger partial charge in [-0.1, -0.05) is 12.8 Å². The molecule has 2 amide bonds. The number of aromatic nitrogens is 1. The molecule has 3 rings (SSSR count). The molecule has 0 spiro atoms. The van der Waals surface area contributed by atoms with Gasteiger partial charge in [0.05, 0.1) is 5.01 Å². The third-order valence-corrected chi connectivity index (χ3v) is 5.84. The maximum absolute atomic E-state index is 12.5. The van der Waals surface area contributed by atoms with Crippen molar-refractivity contribution in [3.63, 3.8) is 0 Å². The highest BCUT2D eigenvalue weighted by Gasteiger charge is 2.42. The Balaban J connectivity index is 1.52. The van der Waals surface area contributed by atoms with E-state index < -0.39 is 0 Å². The summed E-state index contributed by atoms with van der Waals surface area (Å²) >= 11 is 1.71. The summed E-state index contributed by atoms with van der Waals surface area (Å²) in [5, 5.41) is 4.21. The first-order valence-corrected chi connectivity index (χ1v) is 8.94. The number of amides is 2. The van der Waals surface area contributed by atoms with Gasteiger partial charge in [0, 0.05) is 36.1 Å². The highest BCUT2D eigenvalue weighted by Crippen LogP contribution is 2.39. The smallest absolute Gasteiger partial charge is 0.317 e. The predicted octanol–water partition coefficient (Wildman–Crippen LogP) is 3.36. The number of fused-ring (bicyclic) bond motifs is 1. The molecule has 1 aromatic rings. The number of thiazole rings is 1. The molecule has 1 aliphatic heterocycles. The second kappa shape index (κ2) is 6.34. The molecule has 116 valence electrons. The molecule has 5 heteroatoms. The van der Waals surface area contributed by atoms with Crippen molar-refractivity contribution < 1.29 is 4.79 Å². The highest BCUT2D eigenvalue weighted by atomic mass is 32.1. The van der Waals surface area contributed by atoms with Gasteiger partial charge in [0.1, 0.15) is 0 Å². The van der Waals surface area contributed by atoms with Crippen LogP contribution in [0.3, 0.4) is 0 Å². The van der Waals surface area contributed by atoms with Crippen LogP contribution in [0.15, 0.2) is 6.20 Å². The van der Waals surface area contributed by atoms with E-state index in [0.29, 0.717) is 18.6 Å². The van der Waals surface area contributed by atoms with Gasteiger partial charge in [-0.05, 0) is 39.0 Å². The quantitative estimate of drug-likeness (QED) is 0.930. The third-order valence-electron chi connectivity index (χ3n) is 4.86. The number of rotatable bonds is 3. The van der Waals surface area contributed by atoms with E-state index in [4.69, 9.17) is 0 Å². The number of carbonyl (C=O) groups is 1. The van der Waals surface area contributed by atoms with Crippen molar-refractivity contribution >= 4 is 17.4 Å². The van der Waals surface area contributed by atoms with E-state index in [0.717, 1.165) is 17.3 Å². The molecule has 3 atom stereocenters. The van der Waals surface area contributed by atoms with E-state index in [2.05, 4.69) is 29.0 Å². The van der Waals surface area contributed by atoms with Gasteiger partial charge >= 0.3 is 6.03 Å². The Morgan fingerprint density at radius 3 is 3.05 bits per heavy atom. The van der Waals surface area contributed by atoms with E-state index in [1.54, 1.807) is 11.3 Å². The summed E-state index contributed by atoms with van der Waals surface area (Å²) in [5.41, 5.74) is 0. The largest absolute Gasteiger partial charge is 0.338 e. The molecule has 1 aliphatic carbocycles. The van der Waals surface area contributed by atoms with E-state index >= 15 is 0 Å². The molecule has 4 nitrogen and oxygen atoms in total. The number of hydrogen-bond acceptors (Lipinski definition) is 3. The van der Waals surface area contributed by atoms with Gasteiger partial charge in [-0.3, -0.25) is 0 Å². The van der Waals surface area contributed by atoms with Crippen molar-refractivity contribution in [2.24, 2.45) is 5.92 Å². The van der Waals surface area contributed by atoms with Crippen molar-refractivity contribution in [1.82, 2.24) is 15.2 Å². The van der Waals surface area contributed by atoms with Crippen LogP contribution in [0.25, 0.3) is 0 Å². The van der Waals surface area contributed by atoms with Crippen molar-refractivity contribution in [1.29, 1.82) is 0 Å². The lowest BCUT2D eigenvalue weighted by atomic mass is 9.85. The molecule has 2 fully saturated rings. The van der Waals surface area contributed by atoms with E-state index in [1.807, 2.05) is 6.20 Å². The first-order chi connectivity index (χ1) is 10.1. The minimum absolute atomic E-state index is 0.130. The van der Waals surface area contributed by atoms with Gasteiger partial charge in [0.25, 0.3) is 0 Å². The van der Waals surface area contributed by atoms with Crippen LogP contribution in [0.4, 0.5) is 4.79 Å². The average molecular weight is 307 g/mol. The molecule has 1 aromatic heterocycles. The number of nitrogens with one attached hydrogen (secondary N) is 1. The lowest BCUT2D eigenvalue weighted by molar-refractivity contribution is 0.156. The molecule has 1 saturated carbocycles. The minimum Gasteiger partial charge on any atom is -0.338 e. The van der Waals surface area contributed by atoms with Crippen LogP contribution in [0, 0.1) is 12.8 Å². The maximum Gasteiger partial charge on any atom is 0.317 e. The molecule has 0 aromatic carbocycles. The zero-order chi connectivity index (χ0) is 14.8. The van der Waals surface area contributed by atoms with Crippen LogP contribution in [0.5, 0.6) is 0 Å². The van der Waals surface area contributed by atoms with Crippen LogP contribution >= 0.6 is 11.3 Å². The monoisotopic (exact) mass is 307 g/mol. The van der Waals surface area contributed by atoms with Crippen LogP contribution in [0.2, 0.25) is 0 Å². The fraction of sp³-hybridized carbons (Fsp3) is 0.750. The van der Waals surface area contributed by atoms with Crippen LogP contribution in [0.1, 0.15) is 48.9 Å². The first-order valence-electron chi connectivity index (χ1n) is 8.12. The van der Waals surface area contributed by atoms with Crippen LogP contribution < -0.4 is 5.32 Å². The molecule has 1 saturated heterocycles. The van der Waals surface area contributed by atoms with E-state index in [-0.39, 0.29) is 6.03 Å². The summed E-state index contributed by atoms with van der Waals surface area (Å²) in [6.07, 6.45) is 9.02. The second-order valence-electron chi connectivity index (χ2n) is 6.45. The first kappa shape index (κ1) is 14.8. The summed E-state index contributed by atoms with van der Waals surface area (Å²) in [6.45, 7) is 4.95. The zero-order valence-corrected chi connectivity index (χ0v) is 13.8. The molecule has 2 heterocycles. The zero-order valence-electron chi connectivity index (χ0n) is 13.0. The van der Waals surface area contributed by atoms with Gasteiger partial charge in [-0.25, -0.2) is 9.78 Å². The molecular formula is C16H25N3OS. The molecule has 0 unspecified atom stereocenters. The van der Waals surface area contributed by atoms with Crippen molar-refractivity contribution in [3.8, 4) is 0 Å². The Labute approximate surface area is 130 Å². The number of nitrogens with zero attached hydrogens (tertiary/aromatic N) is 2. The van der Waals surface area contributed by atoms with Gasteiger partial charge in [-0.15, -0.1) is 11.3 Å². The van der Waals surface area contributed by atoms with Gasteiger partial charge in [0.2, 0.25) is 0 Å². The molecular weight excluding hydrogens is 282 g/mol. The number of hydrogen-bond donors (Lipinski definition) is 1. The Kier molecular flexibility index (Phi) is 4.48. The van der Waals surface area contributed by atoms with E-state index in [1.165, 1.54) is 37.0 Å². The van der Waals surface area contributed by atoms with Gasteiger partial charge in [0.15, 0.2) is 0 Å². The predicted molar refractivity (Wildman–Crippen MR) is 85.6 cm³/mol. The number of likely N-dealkylation sites (tertiary alicyclic amines) is 1. The lowest BCUT2D eigenvalue weighted by Gasteiger charge is -2.33. The van der Waals surface area contributed by atoms with Crippen LogP contribution in [-0.2, 0) is 6.42 Å². The standard InChI is InChI=1S/C16H25N3OS/c1-11-9-13-5-3-4-6-14(13)19(11)16(20)17-8-7-15-18-10-12(2)21-15/h10-11,13-14H,3-9H2,1-2H3,(H,17,20)/t11-,13-,14-/m1/s1. The molecule has 2 aliphatic rings. The average Bonchev–Trinajstić information content (AvgIpc) is 3.01. The summed E-state index contributed by atoms with van der Waals surface area (Å²) in [7, 11) is 0. The number of carbonyl (C=O) groups excluding carboxylic acids is 1. The number of urea groups is 1. The van der Waals surface area contributed by atoms with Crippen LogP contribution in [-0.4, -0.2) is 34.5 Å². The highest BCUT2D eigenvalue weighted by molar-refractivity contribution is 7.11. The number of aryl methyl sites for hydroxylation is 1. The fourth-order valence-corrected chi connectivity index (χ4v) is 4.73. The summed E-state index contributed by atoms with van der Waals surface area (Å²) < 4.78 is 0. The van der Waals surface area contributed by atoms with E-state index in [9.17, 15) is 4.79 Å². The maximum atomic E-state index is 12.5. The molecule has 0 radical (unpaired) electrons. The minimum atomic E-state index is 0.130. The van der Waals surface area contributed by atoms with Crippen molar-refractivity contribution in [2.75, 3.05) is 6.54 Å². The fourth-order valence-electron chi connectivity index (χ4n) is 3.94. The molecule has 1 N–H and O–H groups in total. The topological polar surface area (TPSA) is 45.2 Å². The lowest BCUT2D eigenvalue weighted by Crippen LogP contribution is -2.48. The molecule has 21 heavy (non-hydrogen) atoms. The van der Waals surface area contributed by atoms with Gasteiger partial charge < -0.3 is 10.2 Å². The SMILES string of the molecule is Cc1cnc(CCNC(=O)N2[C@H](C)C[C@H]3CCCC[C@H]32)s1. The summed E-state index contributed by atoms with van der Waals surface area (Å²) in [4.78, 5) is 20.2. The van der Waals surface area contributed by atoms with Crippen molar-refractivity contribution in [2.45, 2.75) is 64.5 Å². The Morgan fingerprint density at radius 1 is 1.48 bits per heavy atom. The second-order valence-corrected chi connectivity index (χ2v) is 7.77. The third kappa shape index (κ3) is 3.23. The summed E-state index contributed by atoms with van der Waals surface area (Å²) in [6, 6.07) is 1.00. The molecule has 0 bridgehead atoms. The normalized spacial score (nSPS) is 28.5. The van der Waals surface area contributed by atoms with Crippen molar-refractivity contribution in [3.05, 3.63) is 16.1 Å². The Bertz CT molecular complexity index is 501. The van der Waals surface area contributed by atoms with Gasteiger partial charge in [-0.2, -0.15) is 0 Å². The Hall–Kier alpha value is -1.10.